The molecule has 1 unspecified atom stereocenters. The van der Waals surface area contributed by atoms with Gasteiger partial charge in [0.2, 0.25) is 0 Å². The summed E-state index contributed by atoms with van der Waals surface area (Å²) in [6, 6.07) is 9.98. The number of nitrogens with one attached hydrogen (secondary N) is 1. The monoisotopic (exact) mass is 286 g/mol. The minimum Gasteiger partial charge on any atom is -0.360 e. The van der Waals surface area contributed by atoms with Gasteiger partial charge in [-0.15, -0.1) is 11.3 Å². The van der Waals surface area contributed by atoms with E-state index in [-0.39, 0.29) is 18.1 Å². The molecule has 1 aromatic heterocycles. The lowest BCUT2D eigenvalue weighted by molar-refractivity contribution is 0.0620. The number of fused-ring (bicyclic) bond motifs is 1. The third-order valence-electron chi connectivity index (χ3n) is 3.67. The van der Waals surface area contributed by atoms with Crippen LogP contribution in [0, 0.1) is 6.92 Å². The lowest BCUT2D eigenvalue weighted by Crippen LogP contribution is -2.46. The molecule has 0 spiro atoms. The van der Waals surface area contributed by atoms with E-state index in [0.29, 0.717) is 0 Å². The number of hydrogen-bond donors (Lipinski definition) is 1. The van der Waals surface area contributed by atoms with E-state index >= 15 is 0 Å². The van der Waals surface area contributed by atoms with Crippen molar-refractivity contribution in [2.75, 3.05) is 5.32 Å². The van der Waals surface area contributed by atoms with Crippen molar-refractivity contribution in [3.8, 4) is 0 Å². The van der Waals surface area contributed by atoms with Crippen LogP contribution in [0.15, 0.2) is 35.7 Å². The van der Waals surface area contributed by atoms with Gasteiger partial charge < -0.3 is 10.2 Å². The second kappa shape index (κ2) is 4.94. The Morgan fingerprint density at radius 3 is 2.65 bits per heavy atom. The van der Waals surface area contributed by atoms with E-state index in [0.717, 1.165) is 11.3 Å². The largest absolute Gasteiger partial charge is 0.360 e. The number of thiophene rings is 1. The summed E-state index contributed by atoms with van der Waals surface area (Å²) in [6.07, 6.45) is -0.0719. The van der Waals surface area contributed by atoms with Gasteiger partial charge in [-0.2, -0.15) is 0 Å². The smallest absolute Gasteiger partial charge is 0.258 e. The fourth-order valence-corrected chi connectivity index (χ4v) is 3.63. The van der Waals surface area contributed by atoms with Crippen LogP contribution in [0.2, 0.25) is 0 Å². The second-order valence-corrected chi connectivity index (χ2v) is 6.31. The molecule has 0 fully saturated rings. The lowest BCUT2D eigenvalue weighted by atomic mass is 10.0. The van der Waals surface area contributed by atoms with Crippen molar-refractivity contribution in [3.05, 3.63) is 51.7 Å². The van der Waals surface area contributed by atoms with E-state index in [1.54, 1.807) is 11.3 Å². The van der Waals surface area contributed by atoms with Crippen molar-refractivity contribution in [2.45, 2.75) is 33.0 Å². The minimum absolute atomic E-state index is 0.0719. The predicted octanol–water partition coefficient (Wildman–Crippen LogP) is 4.03. The number of aryl methyl sites for hydroxylation is 1. The number of rotatable bonds is 2. The molecule has 1 aromatic carbocycles. The molecule has 20 heavy (non-hydrogen) atoms. The molecule has 0 bridgehead atoms. The first-order valence-electron chi connectivity index (χ1n) is 6.82. The summed E-state index contributed by atoms with van der Waals surface area (Å²) >= 11 is 1.70. The summed E-state index contributed by atoms with van der Waals surface area (Å²) in [5.41, 5.74) is 2.91. The van der Waals surface area contributed by atoms with Gasteiger partial charge in [0.1, 0.15) is 6.17 Å². The molecule has 3 nitrogen and oxygen atoms in total. The molecule has 4 heteroatoms. The van der Waals surface area contributed by atoms with Crippen molar-refractivity contribution in [1.82, 2.24) is 4.90 Å². The molecule has 0 saturated heterocycles. The fourth-order valence-electron chi connectivity index (χ4n) is 2.66. The lowest BCUT2D eigenvalue weighted by Gasteiger charge is -2.40. The van der Waals surface area contributed by atoms with E-state index < -0.39 is 0 Å². The molecular weight excluding hydrogens is 268 g/mol. The van der Waals surface area contributed by atoms with E-state index in [9.17, 15) is 4.79 Å². The SMILES string of the molecule is Cc1ccsc1C1Nc2ccccc2C(=O)N1C(C)C. The molecule has 0 radical (unpaired) electrons. The quantitative estimate of drug-likeness (QED) is 0.904. The Bertz CT molecular complexity index is 647. The number of para-hydroxylation sites is 1. The Labute approximate surface area is 123 Å². The highest BCUT2D eigenvalue weighted by Gasteiger charge is 2.35. The average Bonchev–Trinajstić information content (AvgIpc) is 2.84. The zero-order chi connectivity index (χ0) is 14.3. The van der Waals surface area contributed by atoms with Crippen LogP contribution in [-0.2, 0) is 0 Å². The van der Waals surface area contributed by atoms with Crippen molar-refractivity contribution >= 4 is 22.9 Å². The topological polar surface area (TPSA) is 32.3 Å². The Kier molecular flexibility index (Phi) is 3.26. The van der Waals surface area contributed by atoms with Crippen LogP contribution in [0.1, 0.15) is 40.8 Å². The molecule has 0 aliphatic carbocycles. The van der Waals surface area contributed by atoms with E-state index in [2.05, 4.69) is 37.5 Å². The van der Waals surface area contributed by atoms with Gasteiger partial charge in [0.15, 0.2) is 0 Å². The van der Waals surface area contributed by atoms with Gasteiger partial charge in [0, 0.05) is 11.7 Å². The number of hydrogen-bond acceptors (Lipinski definition) is 3. The molecule has 1 atom stereocenters. The van der Waals surface area contributed by atoms with Gasteiger partial charge in [-0.05, 0) is 49.9 Å². The molecule has 1 amide bonds. The van der Waals surface area contributed by atoms with Crippen molar-refractivity contribution in [2.24, 2.45) is 0 Å². The van der Waals surface area contributed by atoms with Crippen molar-refractivity contribution in [3.63, 3.8) is 0 Å². The van der Waals surface area contributed by atoms with Gasteiger partial charge in [-0.1, -0.05) is 12.1 Å². The van der Waals surface area contributed by atoms with Crippen LogP contribution in [-0.4, -0.2) is 16.8 Å². The Morgan fingerprint density at radius 2 is 2.00 bits per heavy atom. The van der Waals surface area contributed by atoms with Gasteiger partial charge in [0.05, 0.1) is 10.4 Å². The summed E-state index contributed by atoms with van der Waals surface area (Å²) in [5.74, 6) is 0.104. The van der Waals surface area contributed by atoms with Crippen molar-refractivity contribution < 1.29 is 4.79 Å². The minimum atomic E-state index is -0.0719. The van der Waals surface area contributed by atoms with Crippen LogP contribution in [0.25, 0.3) is 0 Å². The van der Waals surface area contributed by atoms with Crippen LogP contribution < -0.4 is 5.32 Å². The highest BCUT2D eigenvalue weighted by Crippen LogP contribution is 2.37. The molecule has 3 rings (SSSR count). The van der Waals surface area contributed by atoms with Crippen LogP contribution in [0.3, 0.4) is 0 Å². The number of carbonyl (C=O) groups is 1. The van der Waals surface area contributed by atoms with E-state index in [4.69, 9.17) is 0 Å². The summed E-state index contributed by atoms with van der Waals surface area (Å²) in [6.45, 7) is 6.21. The number of nitrogens with zero attached hydrogens (tertiary/aromatic N) is 1. The van der Waals surface area contributed by atoms with Gasteiger partial charge in [-0.3, -0.25) is 4.79 Å². The maximum atomic E-state index is 12.8. The molecule has 1 aliphatic heterocycles. The summed E-state index contributed by atoms with van der Waals surface area (Å²) in [4.78, 5) is 15.9. The summed E-state index contributed by atoms with van der Waals surface area (Å²) in [7, 11) is 0. The van der Waals surface area contributed by atoms with Gasteiger partial charge in [-0.25, -0.2) is 0 Å². The fraction of sp³-hybridized carbons (Fsp3) is 0.312. The van der Waals surface area contributed by atoms with Crippen molar-refractivity contribution in [1.29, 1.82) is 0 Å². The Morgan fingerprint density at radius 1 is 1.25 bits per heavy atom. The van der Waals surface area contributed by atoms with Gasteiger partial charge in [0.25, 0.3) is 5.91 Å². The van der Waals surface area contributed by atoms with Crippen LogP contribution >= 0.6 is 11.3 Å². The number of amides is 1. The predicted molar refractivity (Wildman–Crippen MR) is 83.2 cm³/mol. The van der Waals surface area contributed by atoms with E-state index in [1.807, 2.05) is 29.2 Å². The second-order valence-electron chi connectivity index (χ2n) is 5.37. The normalized spacial score (nSPS) is 18.1. The zero-order valence-corrected chi connectivity index (χ0v) is 12.7. The third-order valence-corrected chi connectivity index (χ3v) is 4.74. The van der Waals surface area contributed by atoms with Gasteiger partial charge >= 0.3 is 0 Å². The molecular formula is C16H18N2OS. The number of anilines is 1. The van der Waals surface area contributed by atoms with E-state index in [1.165, 1.54) is 10.4 Å². The first-order valence-corrected chi connectivity index (χ1v) is 7.70. The zero-order valence-electron chi connectivity index (χ0n) is 11.9. The standard InChI is InChI=1S/C16H18N2OS/c1-10(2)18-15(14-11(3)8-9-20-14)17-13-7-5-4-6-12(13)16(18)19/h4-10,15,17H,1-3H3. The summed E-state index contributed by atoms with van der Waals surface area (Å²) in [5, 5.41) is 5.60. The Hall–Kier alpha value is -1.81. The molecule has 104 valence electrons. The maximum Gasteiger partial charge on any atom is 0.258 e. The molecule has 1 N–H and O–H groups in total. The molecule has 1 aliphatic rings. The Balaban J connectivity index is 2.10. The molecule has 2 heterocycles. The summed E-state index contributed by atoms with van der Waals surface area (Å²) < 4.78 is 0. The average molecular weight is 286 g/mol. The van der Waals surface area contributed by atoms with Crippen LogP contribution in [0.5, 0.6) is 0 Å². The number of benzene rings is 1. The first kappa shape index (κ1) is 13.2. The molecule has 0 saturated carbocycles. The highest BCUT2D eigenvalue weighted by atomic mass is 32.1. The maximum absolute atomic E-state index is 12.8. The van der Waals surface area contributed by atoms with Crippen LogP contribution in [0.4, 0.5) is 5.69 Å². The molecule has 2 aromatic rings. The highest BCUT2D eigenvalue weighted by molar-refractivity contribution is 7.10. The first-order chi connectivity index (χ1) is 9.59. The number of carbonyl (C=O) groups excluding carboxylic acids is 1. The third kappa shape index (κ3) is 2.00.